The number of aromatic nitrogens is 1. The van der Waals surface area contributed by atoms with Crippen LogP contribution >= 0.6 is 0 Å². The number of nitrogens with zero attached hydrogens (tertiary/aromatic N) is 3. The van der Waals surface area contributed by atoms with Crippen LogP contribution in [0.2, 0.25) is 0 Å². The van der Waals surface area contributed by atoms with E-state index in [-0.39, 0.29) is 11.6 Å². The summed E-state index contributed by atoms with van der Waals surface area (Å²) in [6, 6.07) is 14.6. The number of piperidine rings is 1. The molecule has 2 aliphatic heterocycles. The van der Waals surface area contributed by atoms with E-state index in [1.165, 1.54) is 11.1 Å². The largest absolute Gasteiger partial charge is 0.337 e. The molecule has 0 radical (unpaired) electrons. The fourth-order valence-electron chi connectivity index (χ4n) is 3.98. The van der Waals surface area contributed by atoms with E-state index in [0.29, 0.717) is 6.54 Å². The zero-order valence-corrected chi connectivity index (χ0v) is 14.4. The van der Waals surface area contributed by atoms with Crippen LogP contribution in [0.5, 0.6) is 0 Å². The van der Waals surface area contributed by atoms with E-state index in [9.17, 15) is 4.79 Å². The smallest absolute Gasteiger partial charge is 0.235 e. The molecule has 1 N–H and O–H groups in total. The quantitative estimate of drug-likeness (QED) is 0.928. The first-order valence-electron chi connectivity index (χ1n) is 8.95. The topological polar surface area (TPSA) is 48.5 Å². The highest BCUT2D eigenvalue weighted by atomic mass is 16.2. The van der Waals surface area contributed by atoms with Crippen molar-refractivity contribution in [2.24, 2.45) is 0 Å². The van der Waals surface area contributed by atoms with Crippen LogP contribution in [0.1, 0.15) is 24.0 Å². The summed E-state index contributed by atoms with van der Waals surface area (Å²) in [7, 11) is 0. The molecule has 5 nitrogen and oxygen atoms in total. The number of rotatable bonds is 4. The Kier molecular flexibility index (Phi) is 4.51. The van der Waals surface area contributed by atoms with Crippen LogP contribution in [-0.4, -0.2) is 46.0 Å². The fraction of sp³-hybridized carbons (Fsp3) is 0.400. The third-order valence-corrected chi connectivity index (χ3v) is 5.37. The Morgan fingerprint density at radius 1 is 0.960 bits per heavy atom. The van der Waals surface area contributed by atoms with Crippen LogP contribution < -0.4 is 5.32 Å². The summed E-state index contributed by atoms with van der Waals surface area (Å²) in [6.07, 6.45) is 5.63. The highest BCUT2D eigenvalue weighted by Gasteiger charge is 2.46. The lowest BCUT2D eigenvalue weighted by atomic mass is 9.95. The standard InChI is InChI=1S/C20H24N4O/c25-19-16-24(15-17-4-2-1-3-5-17)20(22-19)8-12-23(13-9-20)14-18-6-10-21-11-7-18/h1-7,10-11H,8-9,12-16H2,(H,22,25). The molecule has 0 saturated carbocycles. The maximum absolute atomic E-state index is 12.1. The first-order valence-corrected chi connectivity index (χ1v) is 8.95. The normalized spacial score (nSPS) is 20.7. The average molecular weight is 336 g/mol. The molecule has 1 aromatic heterocycles. The maximum Gasteiger partial charge on any atom is 0.235 e. The number of hydrogen-bond donors (Lipinski definition) is 1. The zero-order chi connectivity index (χ0) is 17.1. The summed E-state index contributed by atoms with van der Waals surface area (Å²) in [5, 5.41) is 3.27. The van der Waals surface area contributed by atoms with Gasteiger partial charge in [0, 0.05) is 38.6 Å². The van der Waals surface area contributed by atoms with Crippen molar-refractivity contribution in [3.8, 4) is 0 Å². The molecular weight excluding hydrogens is 312 g/mol. The molecule has 2 saturated heterocycles. The average Bonchev–Trinajstić information content (AvgIpc) is 2.94. The molecule has 1 aromatic carbocycles. The third-order valence-electron chi connectivity index (χ3n) is 5.37. The van der Waals surface area contributed by atoms with E-state index in [4.69, 9.17) is 0 Å². The van der Waals surface area contributed by atoms with Crippen LogP contribution in [-0.2, 0) is 17.9 Å². The van der Waals surface area contributed by atoms with Crippen LogP contribution in [0.25, 0.3) is 0 Å². The van der Waals surface area contributed by atoms with Crippen molar-refractivity contribution < 1.29 is 4.79 Å². The Labute approximate surface area is 148 Å². The van der Waals surface area contributed by atoms with Gasteiger partial charge in [-0.15, -0.1) is 0 Å². The molecule has 25 heavy (non-hydrogen) atoms. The molecule has 130 valence electrons. The van der Waals surface area contributed by atoms with Gasteiger partial charge in [0.05, 0.1) is 12.2 Å². The molecule has 5 heteroatoms. The highest BCUT2D eigenvalue weighted by molar-refractivity contribution is 5.81. The van der Waals surface area contributed by atoms with Gasteiger partial charge in [0.15, 0.2) is 0 Å². The molecule has 0 aliphatic carbocycles. The van der Waals surface area contributed by atoms with Gasteiger partial charge < -0.3 is 5.32 Å². The van der Waals surface area contributed by atoms with E-state index >= 15 is 0 Å². The summed E-state index contributed by atoms with van der Waals surface area (Å²) >= 11 is 0. The molecule has 2 fully saturated rings. The number of pyridine rings is 1. The number of benzene rings is 1. The number of nitrogens with one attached hydrogen (secondary N) is 1. The van der Waals surface area contributed by atoms with Gasteiger partial charge in [-0.2, -0.15) is 0 Å². The van der Waals surface area contributed by atoms with Crippen molar-refractivity contribution >= 4 is 5.91 Å². The van der Waals surface area contributed by atoms with Gasteiger partial charge in [0.1, 0.15) is 0 Å². The van der Waals surface area contributed by atoms with Gasteiger partial charge in [-0.05, 0) is 36.1 Å². The molecule has 3 heterocycles. The van der Waals surface area contributed by atoms with Crippen molar-refractivity contribution in [2.45, 2.75) is 31.6 Å². The zero-order valence-electron chi connectivity index (χ0n) is 14.4. The SMILES string of the molecule is O=C1CN(Cc2ccccc2)C2(CCN(Cc3ccncc3)CC2)N1. The van der Waals surface area contributed by atoms with E-state index in [1.807, 2.05) is 18.5 Å². The minimum Gasteiger partial charge on any atom is -0.337 e. The minimum atomic E-state index is -0.179. The first kappa shape index (κ1) is 16.2. The van der Waals surface area contributed by atoms with E-state index < -0.39 is 0 Å². The van der Waals surface area contributed by atoms with Crippen molar-refractivity contribution in [1.82, 2.24) is 20.1 Å². The van der Waals surface area contributed by atoms with Gasteiger partial charge in [0.2, 0.25) is 5.91 Å². The summed E-state index contributed by atoms with van der Waals surface area (Å²) in [4.78, 5) is 21.0. The highest BCUT2D eigenvalue weighted by Crippen LogP contribution is 2.31. The molecule has 2 aromatic rings. The molecule has 4 rings (SSSR count). The predicted molar refractivity (Wildman–Crippen MR) is 96.5 cm³/mol. The van der Waals surface area contributed by atoms with Crippen LogP contribution in [0, 0.1) is 0 Å². The summed E-state index contributed by atoms with van der Waals surface area (Å²) in [5.41, 5.74) is 2.38. The molecular formula is C20H24N4O. The predicted octanol–water partition coefficient (Wildman–Crippen LogP) is 2.01. The third kappa shape index (κ3) is 3.57. The number of carbonyl (C=O) groups is 1. The van der Waals surface area contributed by atoms with Gasteiger partial charge in [0.25, 0.3) is 0 Å². The number of likely N-dealkylation sites (tertiary alicyclic amines) is 1. The second-order valence-corrected chi connectivity index (χ2v) is 7.05. The molecule has 2 aliphatic rings. The first-order chi connectivity index (χ1) is 12.2. The van der Waals surface area contributed by atoms with Crippen LogP contribution in [0.3, 0.4) is 0 Å². The Bertz CT molecular complexity index is 711. The maximum atomic E-state index is 12.1. The molecule has 0 unspecified atom stereocenters. The van der Waals surface area contributed by atoms with E-state index in [0.717, 1.165) is 39.0 Å². The van der Waals surface area contributed by atoms with Gasteiger partial charge in [-0.25, -0.2) is 0 Å². The van der Waals surface area contributed by atoms with E-state index in [2.05, 4.69) is 56.5 Å². The number of amides is 1. The van der Waals surface area contributed by atoms with E-state index in [1.54, 1.807) is 0 Å². The second-order valence-electron chi connectivity index (χ2n) is 7.05. The van der Waals surface area contributed by atoms with Gasteiger partial charge in [-0.3, -0.25) is 19.6 Å². The van der Waals surface area contributed by atoms with Crippen LogP contribution in [0.4, 0.5) is 0 Å². The minimum absolute atomic E-state index is 0.151. The molecule has 1 spiro atoms. The van der Waals surface area contributed by atoms with Crippen molar-refractivity contribution in [3.63, 3.8) is 0 Å². The van der Waals surface area contributed by atoms with Crippen molar-refractivity contribution in [1.29, 1.82) is 0 Å². The molecule has 0 bridgehead atoms. The van der Waals surface area contributed by atoms with Crippen molar-refractivity contribution in [3.05, 3.63) is 66.0 Å². The number of carbonyl (C=O) groups excluding carboxylic acids is 1. The Hall–Kier alpha value is -2.24. The fourth-order valence-corrected chi connectivity index (χ4v) is 3.98. The lowest BCUT2D eigenvalue weighted by Crippen LogP contribution is -2.57. The second kappa shape index (κ2) is 6.94. The summed E-state index contributed by atoms with van der Waals surface area (Å²) in [6.45, 7) is 4.26. The number of hydrogen-bond acceptors (Lipinski definition) is 4. The molecule has 0 atom stereocenters. The summed E-state index contributed by atoms with van der Waals surface area (Å²) < 4.78 is 0. The Balaban J connectivity index is 1.42. The van der Waals surface area contributed by atoms with Gasteiger partial charge >= 0.3 is 0 Å². The van der Waals surface area contributed by atoms with Crippen molar-refractivity contribution in [2.75, 3.05) is 19.6 Å². The lowest BCUT2D eigenvalue weighted by Gasteiger charge is -2.44. The lowest BCUT2D eigenvalue weighted by molar-refractivity contribution is -0.119. The van der Waals surface area contributed by atoms with Gasteiger partial charge in [-0.1, -0.05) is 30.3 Å². The Morgan fingerprint density at radius 3 is 2.36 bits per heavy atom. The Morgan fingerprint density at radius 2 is 1.64 bits per heavy atom. The molecule has 1 amide bonds. The monoisotopic (exact) mass is 336 g/mol. The van der Waals surface area contributed by atoms with Crippen LogP contribution in [0.15, 0.2) is 54.9 Å². The summed E-state index contributed by atoms with van der Waals surface area (Å²) in [5.74, 6) is 0.151.